The highest BCUT2D eigenvalue weighted by molar-refractivity contribution is 6.34. The summed E-state index contributed by atoms with van der Waals surface area (Å²) in [6.45, 7) is -0.347. The second kappa shape index (κ2) is 8.87. The van der Waals surface area contributed by atoms with Gasteiger partial charge in [0.1, 0.15) is 21.7 Å². The fourth-order valence-electron chi connectivity index (χ4n) is 4.04. The summed E-state index contributed by atoms with van der Waals surface area (Å²) in [6.07, 6.45) is 0.181. The first kappa shape index (κ1) is 23.9. The maximum absolute atomic E-state index is 14.5. The third-order valence-corrected chi connectivity index (χ3v) is 6.12. The number of piperidine rings is 1. The number of benzene rings is 2. The predicted molar refractivity (Wildman–Crippen MR) is 120 cm³/mol. The normalized spacial score (nSPS) is 20.2. The van der Waals surface area contributed by atoms with Crippen LogP contribution in [0.1, 0.15) is 45.8 Å². The lowest BCUT2D eigenvalue weighted by Crippen LogP contribution is -2.53. The van der Waals surface area contributed by atoms with E-state index in [2.05, 4.69) is 10.6 Å². The molecule has 1 saturated heterocycles. The molecule has 0 spiro atoms. The van der Waals surface area contributed by atoms with E-state index >= 15 is 0 Å². The van der Waals surface area contributed by atoms with Gasteiger partial charge in [0.15, 0.2) is 0 Å². The number of carbonyl (C=O) groups is 4. The van der Waals surface area contributed by atoms with E-state index in [9.17, 15) is 28.0 Å². The molecule has 2 aliphatic rings. The molecule has 4 radical (unpaired) electrons. The first-order valence-electron chi connectivity index (χ1n) is 10.3. The molecule has 2 unspecified atom stereocenters. The number of rotatable bonds is 5. The Hall–Kier alpha value is -3.20. The van der Waals surface area contributed by atoms with Gasteiger partial charge in [-0.25, -0.2) is 0 Å². The smallest absolute Gasteiger partial charge is 0.346 e. The molecule has 0 saturated carbocycles. The van der Waals surface area contributed by atoms with E-state index in [1.165, 1.54) is 29.2 Å². The Kier molecular flexibility index (Phi) is 6.24. The Balaban J connectivity index is 1.52. The van der Waals surface area contributed by atoms with Crippen molar-refractivity contribution in [2.24, 2.45) is 0 Å². The Morgan fingerprint density at radius 3 is 2.53 bits per heavy atom. The molecule has 4 rings (SSSR count). The quantitative estimate of drug-likeness (QED) is 0.492. The zero-order valence-electron chi connectivity index (χ0n) is 17.6. The zero-order valence-corrected chi connectivity index (χ0v) is 18.4. The maximum Gasteiger partial charge on any atom is 0.349 e. The van der Waals surface area contributed by atoms with Gasteiger partial charge >= 0.3 is 5.92 Å². The van der Waals surface area contributed by atoms with E-state index in [-0.39, 0.29) is 41.0 Å². The molecule has 12 heteroatoms. The molecule has 1 fully saturated rings. The van der Waals surface area contributed by atoms with Crippen LogP contribution in [0, 0.1) is 0 Å². The van der Waals surface area contributed by atoms with Gasteiger partial charge in [0.2, 0.25) is 11.8 Å². The second-order valence-corrected chi connectivity index (χ2v) is 8.46. The molecule has 7 nitrogen and oxygen atoms in total. The van der Waals surface area contributed by atoms with Gasteiger partial charge in [-0.05, 0) is 29.7 Å². The van der Waals surface area contributed by atoms with Crippen LogP contribution in [0.3, 0.4) is 0 Å². The van der Waals surface area contributed by atoms with E-state index in [1.807, 2.05) is 0 Å². The van der Waals surface area contributed by atoms with Crippen LogP contribution in [-0.2, 0) is 26.9 Å². The number of carbonyl (C=O) groups excluding carboxylic acids is 4. The van der Waals surface area contributed by atoms with Crippen molar-refractivity contribution in [1.82, 2.24) is 15.5 Å². The predicted octanol–water partition coefficient (Wildman–Crippen LogP) is 0.970. The number of halogens is 3. The van der Waals surface area contributed by atoms with Crippen LogP contribution in [0.5, 0.6) is 0 Å². The minimum absolute atomic E-state index is 0.0600. The lowest BCUT2D eigenvalue weighted by atomic mass is 9.82. The molecule has 2 aromatic rings. The Morgan fingerprint density at radius 2 is 1.88 bits per heavy atom. The number of hydrogen-bond acceptors (Lipinski definition) is 4. The third-order valence-electron chi connectivity index (χ3n) is 5.87. The van der Waals surface area contributed by atoms with Crippen molar-refractivity contribution in [1.29, 1.82) is 0 Å². The topological polar surface area (TPSA) is 95.6 Å². The number of alkyl halides is 2. The molecule has 4 amide bonds. The number of imide groups is 1. The van der Waals surface area contributed by atoms with Crippen LogP contribution in [0.2, 0.25) is 5.02 Å². The summed E-state index contributed by atoms with van der Waals surface area (Å²) in [6, 6.07) is 6.46. The number of nitrogens with zero attached hydrogens (tertiary/aromatic N) is 1. The van der Waals surface area contributed by atoms with Crippen LogP contribution in [0.25, 0.3) is 0 Å². The van der Waals surface area contributed by atoms with Gasteiger partial charge in [0, 0.05) is 35.1 Å². The van der Waals surface area contributed by atoms with Gasteiger partial charge in [-0.2, -0.15) is 8.78 Å². The summed E-state index contributed by atoms with van der Waals surface area (Å²) in [7, 11) is 12.2. The fourth-order valence-corrected chi connectivity index (χ4v) is 4.16. The van der Waals surface area contributed by atoms with Crippen molar-refractivity contribution in [2.45, 2.75) is 37.3 Å². The Bertz CT molecular complexity index is 1210. The minimum Gasteiger partial charge on any atom is -0.346 e. The molecule has 0 aliphatic carbocycles. The summed E-state index contributed by atoms with van der Waals surface area (Å²) in [4.78, 5) is 50.0. The summed E-state index contributed by atoms with van der Waals surface area (Å²) >= 11 is 5.71. The number of amides is 4. The van der Waals surface area contributed by atoms with Crippen LogP contribution < -0.4 is 16.1 Å². The van der Waals surface area contributed by atoms with Crippen molar-refractivity contribution in [3.05, 3.63) is 63.7 Å². The molecule has 170 valence electrons. The molecular formula is C22H16B2ClF2N3O4. The van der Waals surface area contributed by atoms with Gasteiger partial charge in [0.25, 0.3) is 11.8 Å². The molecule has 2 N–H and O–H groups in total. The fraction of sp³-hybridized carbons (Fsp3) is 0.273. The molecule has 2 aromatic carbocycles. The first-order chi connectivity index (χ1) is 16.0. The molecule has 34 heavy (non-hydrogen) atoms. The Morgan fingerprint density at radius 1 is 1.21 bits per heavy atom. The van der Waals surface area contributed by atoms with E-state index in [0.717, 1.165) is 12.1 Å². The highest BCUT2D eigenvalue weighted by atomic mass is 35.5. The van der Waals surface area contributed by atoms with Crippen LogP contribution >= 0.6 is 11.6 Å². The van der Waals surface area contributed by atoms with Gasteiger partial charge in [0.05, 0.1) is 0 Å². The monoisotopic (exact) mass is 481 g/mol. The van der Waals surface area contributed by atoms with E-state index < -0.39 is 47.1 Å². The highest BCUT2D eigenvalue weighted by Crippen LogP contribution is 2.35. The molecule has 0 bridgehead atoms. The summed E-state index contributed by atoms with van der Waals surface area (Å²) < 4.78 is 29.0. The van der Waals surface area contributed by atoms with Crippen molar-refractivity contribution in [3.8, 4) is 0 Å². The highest BCUT2D eigenvalue weighted by Gasteiger charge is 2.43. The second-order valence-electron chi connectivity index (χ2n) is 8.03. The first-order valence-corrected chi connectivity index (χ1v) is 10.6. The van der Waals surface area contributed by atoms with Gasteiger partial charge < -0.3 is 10.2 Å². The summed E-state index contributed by atoms with van der Waals surface area (Å²) in [5.41, 5.74) is 0.324. The van der Waals surface area contributed by atoms with Crippen molar-refractivity contribution in [3.63, 3.8) is 0 Å². The molecule has 2 heterocycles. The number of nitrogens with one attached hydrogen (secondary N) is 2. The van der Waals surface area contributed by atoms with E-state index in [1.54, 1.807) is 0 Å². The van der Waals surface area contributed by atoms with Crippen LogP contribution in [0.4, 0.5) is 8.78 Å². The lowest BCUT2D eigenvalue weighted by Gasteiger charge is -2.33. The van der Waals surface area contributed by atoms with E-state index in [4.69, 9.17) is 27.3 Å². The third kappa shape index (κ3) is 4.20. The van der Waals surface area contributed by atoms with Gasteiger partial charge in [-0.15, -0.1) is 0 Å². The Labute approximate surface area is 201 Å². The van der Waals surface area contributed by atoms with Crippen molar-refractivity contribution < 1.29 is 28.0 Å². The molecule has 2 atom stereocenters. The average molecular weight is 481 g/mol. The van der Waals surface area contributed by atoms with Crippen molar-refractivity contribution >= 4 is 56.4 Å². The largest absolute Gasteiger partial charge is 0.349 e. The SMILES string of the molecule is [B]c1cc2c(cc1CNC(=O)C(F)(F)c1ccc(Cl)cc1)C([B])N(C1CCC(=O)NC1=O)C2=O. The van der Waals surface area contributed by atoms with Gasteiger partial charge in [-0.1, -0.05) is 41.3 Å². The maximum atomic E-state index is 14.5. The minimum atomic E-state index is -3.81. The van der Waals surface area contributed by atoms with E-state index in [0.29, 0.717) is 5.56 Å². The van der Waals surface area contributed by atoms with Gasteiger partial charge in [-0.3, -0.25) is 24.5 Å². The molecular weight excluding hydrogens is 465 g/mol. The molecule has 0 aromatic heterocycles. The molecule has 2 aliphatic heterocycles. The number of fused-ring (bicyclic) bond motifs is 1. The summed E-state index contributed by atoms with van der Waals surface area (Å²) in [5, 5.41) is 4.59. The lowest BCUT2D eigenvalue weighted by molar-refractivity contribution is -0.147. The standard InChI is InChI=1S/C22H16B2ClF2N3O4/c23-15-8-14-13(18(24)30(20(14)33)16-5-6-17(31)29-19(16)32)7-10(15)9-28-21(34)22(26,27)11-1-3-12(25)4-2-11/h1-4,7-8,16,18H,5-6,9H2,(H,28,34)(H,29,31,32). The van der Waals surface area contributed by atoms with Crippen LogP contribution in [0.15, 0.2) is 36.4 Å². The average Bonchev–Trinajstić information content (AvgIpc) is 3.01. The summed E-state index contributed by atoms with van der Waals surface area (Å²) in [5.74, 6) is -7.97. The zero-order chi connectivity index (χ0) is 24.8. The number of hydrogen-bond donors (Lipinski definition) is 2. The van der Waals surface area contributed by atoms with Crippen molar-refractivity contribution in [2.75, 3.05) is 0 Å². The van der Waals surface area contributed by atoms with Crippen LogP contribution in [-0.4, -0.2) is 50.3 Å².